The van der Waals surface area contributed by atoms with Crippen LogP contribution in [0.3, 0.4) is 0 Å². The van der Waals surface area contributed by atoms with Gasteiger partial charge in [-0.2, -0.15) is 0 Å². The average molecular weight is 333 g/mol. The molecule has 7 nitrogen and oxygen atoms in total. The maximum Gasteiger partial charge on any atom is 0.212 e. The molecule has 1 aromatic carbocycles. The molecule has 25 heavy (non-hydrogen) atoms. The summed E-state index contributed by atoms with van der Waals surface area (Å²) in [6, 6.07) is 14.2. The standard InChI is InChI=1S/C18H19N7/c19-16-22-17-21-13-5-1-2-6-14(13)25(17)18(23-16)8-11-24(12-9-18)15-7-3-4-10-20-15/h1-7,10H,8-9,11-12H2,(H3,19,21,22,23). The third-order valence-electron chi connectivity index (χ3n) is 5.08. The summed E-state index contributed by atoms with van der Waals surface area (Å²) < 4.78 is 2.22. The number of nitrogens with one attached hydrogen (secondary N) is 1. The number of benzene rings is 1. The number of anilines is 2. The van der Waals surface area contributed by atoms with Crippen LogP contribution >= 0.6 is 0 Å². The van der Waals surface area contributed by atoms with Gasteiger partial charge in [0.15, 0.2) is 5.96 Å². The van der Waals surface area contributed by atoms with Crippen LogP contribution in [0.1, 0.15) is 12.8 Å². The summed E-state index contributed by atoms with van der Waals surface area (Å²) in [6.45, 7) is 1.75. The lowest BCUT2D eigenvalue weighted by Crippen LogP contribution is -2.49. The molecule has 1 fully saturated rings. The van der Waals surface area contributed by atoms with Gasteiger partial charge >= 0.3 is 0 Å². The Morgan fingerprint density at radius 2 is 1.84 bits per heavy atom. The number of fused-ring (bicyclic) bond motifs is 4. The highest BCUT2D eigenvalue weighted by atomic mass is 15.4. The summed E-state index contributed by atoms with van der Waals surface area (Å²) in [6.07, 6.45) is 3.56. The fourth-order valence-corrected chi connectivity index (χ4v) is 3.92. The highest BCUT2D eigenvalue weighted by Gasteiger charge is 2.41. The molecule has 2 aliphatic rings. The molecule has 2 aliphatic heterocycles. The third-order valence-corrected chi connectivity index (χ3v) is 5.08. The van der Waals surface area contributed by atoms with Gasteiger partial charge in [0.2, 0.25) is 5.95 Å². The van der Waals surface area contributed by atoms with Crippen molar-refractivity contribution in [2.24, 2.45) is 10.7 Å². The first-order chi connectivity index (χ1) is 12.3. The molecule has 0 saturated carbocycles. The van der Waals surface area contributed by atoms with E-state index in [4.69, 9.17) is 15.7 Å². The van der Waals surface area contributed by atoms with Crippen LogP contribution in [0.4, 0.5) is 11.8 Å². The van der Waals surface area contributed by atoms with Crippen LogP contribution in [0.25, 0.3) is 11.0 Å². The Bertz CT molecular complexity index is 952. The molecule has 2 aromatic heterocycles. The Labute approximate surface area is 145 Å². The van der Waals surface area contributed by atoms with Gasteiger partial charge in [-0.25, -0.2) is 15.0 Å². The van der Waals surface area contributed by atoms with Crippen LogP contribution in [0.15, 0.2) is 53.7 Å². The number of para-hydroxylation sites is 2. The van der Waals surface area contributed by atoms with E-state index in [1.807, 2.05) is 36.5 Å². The van der Waals surface area contributed by atoms with Crippen LogP contribution in [0.2, 0.25) is 0 Å². The number of piperidine rings is 1. The summed E-state index contributed by atoms with van der Waals surface area (Å²) in [5.41, 5.74) is 7.75. The van der Waals surface area contributed by atoms with Crippen LogP contribution in [0.5, 0.6) is 0 Å². The fourth-order valence-electron chi connectivity index (χ4n) is 3.92. The molecular weight excluding hydrogens is 314 g/mol. The smallest absolute Gasteiger partial charge is 0.212 e. The minimum absolute atomic E-state index is 0.383. The second-order valence-corrected chi connectivity index (χ2v) is 6.54. The predicted octanol–water partition coefficient (Wildman–Crippen LogP) is 2.12. The molecule has 0 atom stereocenters. The Balaban J connectivity index is 1.55. The largest absolute Gasteiger partial charge is 0.370 e. The van der Waals surface area contributed by atoms with E-state index in [1.54, 1.807) is 0 Å². The van der Waals surface area contributed by atoms with Crippen LogP contribution in [0, 0.1) is 0 Å². The lowest BCUT2D eigenvalue weighted by Gasteiger charge is -2.43. The van der Waals surface area contributed by atoms with Gasteiger partial charge in [0, 0.05) is 32.1 Å². The first-order valence-electron chi connectivity index (χ1n) is 8.51. The van der Waals surface area contributed by atoms with E-state index in [1.165, 1.54) is 0 Å². The van der Waals surface area contributed by atoms with E-state index in [9.17, 15) is 0 Å². The molecule has 5 rings (SSSR count). The van der Waals surface area contributed by atoms with Crippen molar-refractivity contribution in [1.29, 1.82) is 0 Å². The zero-order valence-corrected chi connectivity index (χ0v) is 13.8. The Morgan fingerprint density at radius 3 is 2.64 bits per heavy atom. The van der Waals surface area contributed by atoms with E-state index < -0.39 is 0 Å². The minimum atomic E-state index is -0.383. The molecule has 3 aromatic rings. The van der Waals surface area contributed by atoms with Gasteiger partial charge in [-0.1, -0.05) is 18.2 Å². The number of hydrogen-bond donors (Lipinski definition) is 2. The third kappa shape index (κ3) is 2.15. The number of guanidine groups is 1. The van der Waals surface area contributed by atoms with Gasteiger partial charge in [0.05, 0.1) is 11.0 Å². The number of pyridine rings is 1. The molecule has 1 saturated heterocycles. The SMILES string of the molecule is NC1=NC2(CCN(c3ccccn3)CC2)n2c(nc3ccccc32)N1. The summed E-state index contributed by atoms with van der Waals surface area (Å²) in [5, 5.41) is 3.12. The Morgan fingerprint density at radius 1 is 1.04 bits per heavy atom. The van der Waals surface area contributed by atoms with E-state index in [-0.39, 0.29) is 5.66 Å². The second kappa shape index (κ2) is 5.20. The van der Waals surface area contributed by atoms with E-state index in [0.717, 1.165) is 48.7 Å². The maximum absolute atomic E-state index is 6.08. The van der Waals surface area contributed by atoms with Gasteiger partial charge < -0.3 is 10.6 Å². The molecule has 0 amide bonds. The van der Waals surface area contributed by atoms with Gasteiger partial charge in [-0.15, -0.1) is 0 Å². The van der Waals surface area contributed by atoms with Crippen molar-refractivity contribution < 1.29 is 0 Å². The molecule has 0 unspecified atom stereocenters. The van der Waals surface area contributed by atoms with Crippen molar-refractivity contribution in [3.05, 3.63) is 48.7 Å². The lowest BCUT2D eigenvalue weighted by atomic mass is 9.96. The number of aromatic nitrogens is 3. The number of nitrogens with two attached hydrogens (primary N) is 1. The first-order valence-corrected chi connectivity index (χ1v) is 8.51. The molecular formula is C18H19N7. The number of nitrogens with zero attached hydrogens (tertiary/aromatic N) is 5. The quantitative estimate of drug-likeness (QED) is 0.713. The Hall–Kier alpha value is -3.09. The lowest BCUT2D eigenvalue weighted by molar-refractivity contribution is 0.238. The average Bonchev–Trinajstić information content (AvgIpc) is 3.02. The number of imidazole rings is 1. The van der Waals surface area contributed by atoms with Crippen LogP contribution < -0.4 is 16.0 Å². The first kappa shape index (κ1) is 14.3. The number of hydrogen-bond acceptors (Lipinski definition) is 6. The van der Waals surface area contributed by atoms with E-state index >= 15 is 0 Å². The number of aliphatic imine (C=N–C) groups is 1. The molecule has 0 radical (unpaired) electrons. The maximum atomic E-state index is 6.08. The van der Waals surface area contributed by atoms with Crippen LogP contribution in [-0.4, -0.2) is 33.6 Å². The summed E-state index contributed by atoms with van der Waals surface area (Å²) in [7, 11) is 0. The topological polar surface area (TPSA) is 84.4 Å². The highest BCUT2D eigenvalue weighted by molar-refractivity contribution is 5.94. The molecule has 0 bridgehead atoms. The summed E-state index contributed by atoms with van der Waals surface area (Å²) in [4.78, 5) is 16.3. The predicted molar refractivity (Wildman–Crippen MR) is 98.6 cm³/mol. The van der Waals surface area contributed by atoms with Crippen molar-refractivity contribution in [2.75, 3.05) is 23.3 Å². The van der Waals surface area contributed by atoms with Gasteiger partial charge in [-0.05, 0) is 24.3 Å². The molecule has 7 heteroatoms. The van der Waals surface area contributed by atoms with Crippen molar-refractivity contribution in [3.63, 3.8) is 0 Å². The van der Waals surface area contributed by atoms with E-state index in [2.05, 4.69) is 31.9 Å². The fraction of sp³-hybridized carbons (Fsp3) is 0.278. The molecule has 0 aliphatic carbocycles. The van der Waals surface area contributed by atoms with Crippen LogP contribution in [-0.2, 0) is 5.66 Å². The van der Waals surface area contributed by atoms with Crippen molar-refractivity contribution >= 4 is 28.8 Å². The zero-order valence-electron chi connectivity index (χ0n) is 13.8. The molecule has 126 valence electrons. The minimum Gasteiger partial charge on any atom is -0.370 e. The zero-order chi connectivity index (χ0) is 16.9. The Kier molecular flexibility index (Phi) is 2.97. The molecule has 1 spiro atoms. The van der Waals surface area contributed by atoms with E-state index in [0.29, 0.717) is 5.96 Å². The summed E-state index contributed by atoms with van der Waals surface area (Å²) >= 11 is 0. The van der Waals surface area contributed by atoms with Crippen molar-refractivity contribution in [2.45, 2.75) is 18.5 Å². The number of rotatable bonds is 1. The molecule has 4 heterocycles. The van der Waals surface area contributed by atoms with Gasteiger partial charge in [0.1, 0.15) is 11.5 Å². The van der Waals surface area contributed by atoms with Crippen molar-refractivity contribution in [1.82, 2.24) is 14.5 Å². The van der Waals surface area contributed by atoms with Gasteiger partial charge in [-0.3, -0.25) is 9.88 Å². The summed E-state index contributed by atoms with van der Waals surface area (Å²) in [5.74, 6) is 2.23. The molecule has 3 N–H and O–H groups in total. The highest BCUT2D eigenvalue weighted by Crippen LogP contribution is 2.40. The monoisotopic (exact) mass is 333 g/mol. The normalized spacial score (nSPS) is 18.7. The van der Waals surface area contributed by atoms with Crippen molar-refractivity contribution in [3.8, 4) is 0 Å². The second-order valence-electron chi connectivity index (χ2n) is 6.54. The van der Waals surface area contributed by atoms with Gasteiger partial charge in [0.25, 0.3) is 0 Å².